The largest absolute Gasteiger partial charge is 0.497 e. The fraction of sp³-hybridized carbons (Fsp3) is 0.417. The van der Waals surface area contributed by atoms with Gasteiger partial charge >= 0.3 is 0 Å². The molecule has 1 fully saturated rings. The molecule has 0 aromatic heterocycles. The van der Waals surface area contributed by atoms with Gasteiger partial charge < -0.3 is 19.9 Å². The molecule has 1 aliphatic heterocycles. The molecule has 0 saturated carbocycles. The van der Waals surface area contributed by atoms with E-state index in [1.165, 1.54) is 0 Å². The smallest absolute Gasteiger partial charge is 0.256 e. The van der Waals surface area contributed by atoms with Crippen LogP contribution < -0.4 is 15.0 Å². The van der Waals surface area contributed by atoms with Crippen molar-refractivity contribution in [3.8, 4) is 5.75 Å². The lowest BCUT2D eigenvalue weighted by Gasteiger charge is -2.25. The summed E-state index contributed by atoms with van der Waals surface area (Å²) < 4.78 is 5.16. The van der Waals surface area contributed by atoms with E-state index >= 15 is 0 Å². The van der Waals surface area contributed by atoms with Gasteiger partial charge in [0.2, 0.25) is 5.91 Å². The minimum atomic E-state index is -0.115. The van der Waals surface area contributed by atoms with Gasteiger partial charge in [0.15, 0.2) is 0 Å². The van der Waals surface area contributed by atoms with E-state index in [9.17, 15) is 9.59 Å². The van der Waals surface area contributed by atoms with Crippen LogP contribution in [0.5, 0.6) is 5.75 Å². The van der Waals surface area contributed by atoms with Crippen LogP contribution in [0.25, 0.3) is 0 Å². The Morgan fingerprint density at radius 3 is 2.30 bits per heavy atom. The molecule has 2 amide bonds. The standard InChI is InChI=1S/C24H31N3O3/c1-4-26(5-2)24(29)21-17-19(10-13-22(21)27-14-6-7-15-27)25-23(28)16-18-8-11-20(30-3)12-9-18/h8-13,17H,4-7,14-16H2,1-3H3,(H,25,28). The Morgan fingerprint density at radius 1 is 1.03 bits per heavy atom. The van der Waals surface area contributed by atoms with Gasteiger partial charge in [0.05, 0.1) is 19.1 Å². The third kappa shape index (κ3) is 5.12. The summed E-state index contributed by atoms with van der Waals surface area (Å²) in [5, 5.41) is 2.95. The van der Waals surface area contributed by atoms with Crippen LogP contribution in [0.4, 0.5) is 11.4 Å². The summed E-state index contributed by atoms with van der Waals surface area (Å²) in [5.74, 6) is 0.652. The molecule has 0 atom stereocenters. The normalized spacial score (nSPS) is 13.2. The molecule has 160 valence electrons. The maximum Gasteiger partial charge on any atom is 0.256 e. The van der Waals surface area contributed by atoms with Crippen LogP contribution in [-0.4, -0.2) is 50.0 Å². The average molecular weight is 410 g/mol. The minimum absolute atomic E-state index is 0.00755. The summed E-state index contributed by atoms with van der Waals surface area (Å²) in [7, 11) is 1.62. The number of carbonyl (C=O) groups is 2. The van der Waals surface area contributed by atoms with Gasteiger partial charge in [-0.3, -0.25) is 9.59 Å². The number of hydrogen-bond acceptors (Lipinski definition) is 4. The number of benzene rings is 2. The van der Waals surface area contributed by atoms with Crippen molar-refractivity contribution in [1.29, 1.82) is 0 Å². The SMILES string of the molecule is CCN(CC)C(=O)c1cc(NC(=O)Cc2ccc(OC)cc2)ccc1N1CCCC1. The molecule has 2 aromatic rings. The summed E-state index contributed by atoms with van der Waals surface area (Å²) in [6.45, 7) is 7.20. The Bertz CT molecular complexity index is 870. The first-order chi connectivity index (χ1) is 14.5. The lowest BCUT2D eigenvalue weighted by atomic mass is 10.1. The number of nitrogens with one attached hydrogen (secondary N) is 1. The lowest BCUT2D eigenvalue weighted by Crippen LogP contribution is -2.32. The van der Waals surface area contributed by atoms with E-state index in [1.807, 2.05) is 61.2 Å². The first kappa shape index (κ1) is 21.7. The molecule has 0 bridgehead atoms. The molecule has 0 unspecified atom stereocenters. The summed E-state index contributed by atoms with van der Waals surface area (Å²) in [5.41, 5.74) is 3.16. The zero-order chi connectivity index (χ0) is 21.5. The van der Waals surface area contributed by atoms with Crippen LogP contribution in [-0.2, 0) is 11.2 Å². The van der Waals surface area contributed by atoms with Crippen LogP contribution in [0.3, 0.4) is 0 Å². The van der Waals surface area contributed by atoms with E-state index in [1.54, 1.807) is 7.11 Å². The van der Waals surface area contributed by atoms with Crippen LogP contribution in [0.1, 0.15) is 42.6 Å². The monoisotopic (exact) mass is 409 g/mol. The maximum absolute atomic E-state index is 13.1. The molecule has 1 N–H and O–H groups in total. The first-order valence-corrected chi connectivity index (χ1v) is 10.7. The van der Waals surface area contributed by atoms with Crippen molar-refractivity contribution in [3.05, 3.63) is 53.6 Å². The van der Waals surface area contributed by atoms with E-state index in [0.717, 1.165) is 42.9 Å². The highest BCUT2D eigenvalue weighted by Gasteiger charge is 2.23. The number of nitrogens with zero attached hydrogens (tertiary/aromatic N) is 2. The van der Waals surface area contributed by atoms with Gasteiger partial charge in [0, 0.05) is 37.6 Å². The number of ether oxygens (including phenoxy) is 1. The molecule has 1 heterocycles. The fourth-order valence-electron chi connectivity index (χ4n) is 3.83. The Hall–Kier alpha value is -3.02. The van der Waals surface area contributed by atoms with Gasteiger partial charge in [-0.15, -0.1) is 0 Å². The van der Waals surface area contributed by atoms with Crippen LogP contribution in [0.2, 0.25) is 0 Å². The molecule has 3 rings (SSSR count). The fourth-order valence-corrected chi connectivity index (χ4v) is 3.83. The van der Waals surface area contributed by atoms with E-state index < -0.39 is 0 Å². The highest BCUT2D eigenvalue weighted by atomic mass is 16.5. The summed E-state index contributed by atoms with van der Waals surface area (Å²) in [6, 6.07) is 13.1. The van der Waals surface area contributed by atoms with E-state index in [-0.39, 0.29) is 18.2 Å². The molecule has 30 heavy (non-hydrogen) atoms. The van der Waals surface area contributed by atoms with Gasteiger partial charge in [0.1, 0.15) is 5.75 Å². The molecule has 0 spiro atoms. The van der Waals surface area contributed by atoms with Gasteiger partial charge in [-0.1, -0.05) is 12.1 Å². The second-order valence-corrected chi connectivity index (χ2v) is 7.48. The van der Waals surface area contributed by atoms with E-state index in [2.05, 4.69) is 10.2 Å². The molecule has 0 radical (unpaired) electrons. The molecular formula is C24H31N3O3. The number of methoxy groups -OCH3 is 1. The van der Waals surface area contributed by atoms with Gasteiger partial charge in [-0.05, 0) is 62.6 Å². The maximum atomic E-state index is 13.1. The third-order valence-electron chi connectivity index (χ3n) is 5.53. The number of anilines is 2. The Morgan fingerprint density at radius 2 is 1.70 bits per heavy atom. The van der Waals surface area contributed by atoms with Crippen molar-refractivity contribution in [2.24, 2.45) is 0 Å². The minimum Gasteiger partial charge on any atom is -0.497 e. The van der Waals surface area contributed by atoms with Crippen molar-refractivity contribution in [1.82, 2.24) is 4.90 Å². The van der Waals surface area contributed by atoms with Gasteiger partial charge in [0.25, 0.3) is 5.91 Å². The Kier molecular flexibility index (Phi) is 7.33. The Balaban J connectivity index is 1.79. The molecule has 1 aliphatic rings. The highest BCUT2D eigenvalue weighted by Crippen LogP contribution is 2.29. The zero-order valence-electron chi connectivity index (χ0n) is 18.1. The highest BCUT2D eigenvalue weighted by molar-refractivity contribution is 6.02. The second kappa shape index (κ2) is 10.1. The number of amides is 2. The summed E-state index contributed by atoms with van der Waals surface area (Å²) in [4.78, 5) is 29.8. The van der Waals surface area contributed by atoms with Crippen molar-refractivity contribution < 1.29 is 14.3 Å². The van der Waals surface area contributed by atoms with E-state index in [4.69, 9.17) is 4.74 Å². The van der Waals surface area contributed by atoms with Gasteiger partial charge in [-0.25, -0.2) is 0 Å². The predicted molar refractivity (Wildman–Crippen MR) is 120 cm³/mol. The van der Waals surface area contributed by atoms with Gasteiger partial charge in [-0.2, -0.15) is 0 Å². The van der Waals surface area contributed by atoms with Crippen LogP contribution in [0.15, 0.2) is 42.5 Å². The van der Waals surface area contributed by atoms with Crippen molar-refractivity contribution in [2.75, 3.05) is 43.5 Å². The number of hydrogen-bond donors (Lipinski definition) is 1. The quantitative estimate of drug-likeness (QED) is 0.717. The molecule has 1 saturated heterocycles. The lowest BCUT2D eigenvalue weighted by molar-refractivity contribution is -0.115. The third-order valence-corrected chi connectivity index (χ3v) is 5.53. The molecule has 6 heteroatoms. The molecule has 6 nitrogen and oxygen atoms in total. The summed E-state index contributed by atoms with van der Waals surface area (Å²) in [6.07, 6.45) is 2.54. The Labute approximate surface area is 178 Å². The number of rotatable bonds is 8. The molecular weight excluding hydrogens is 378 g/mol. The molecule has 0 aliphatic carbocycles. The van der Waals surface area contributed by atoms with Crippen molar-refractivity contribution >= 4 is 23.2 Å². The number of carbonyl (C=O) groups excluding carboxylic acids is 2. The summed E-state index contributed by atoms with van der Waals surface area (Å²) >= 11 is 0. The molecule has 2 aromatic carbocycles. The van der Waals surface area contributed by atoms with Crippen LogP contribution in [0, 0.1) is 0 Å². The van der Waals surface area contributed by atoms with Crippen molar-refractivity contribution in [3.63, 3.8) is 0 Å². The average Bonchev–Trinajstić information content (AvgIpc) is 3.29. The predicted octanol–water partition coefficient (Wildman–Crippen LogP) is 3.96. The topological polar surface area (TPSA) is 61.9 Å². The zero-order valence-corrected chi connectivity index (χ0v) is 18.1. The first-order valence-electron chi connectivity index (χ1n) is 10.7. The van der Waals surface area contributed by atoms with Crippen LogP contribution >= 0.6 is 0 Å². The van der Waals surface area contributed by atoms with Crippen molar-refractivity contribution in [2.45, 2.75) is 33.1 Å². The second-order valence-electron chi connectivity index (χ2n) is 7.48. The van der Waals surface area contributed by atoms with E-state index in [0.29, 0.717) is 24.3 Å².